The second-order valence-corrected chi connectivity index (χ2v) is 5.64. The highest BCUT2D eigenvalue weighted by atomic mass is 35.5. The van der Waals surface area contributed by atoms with Crippen molar-refractivity contribution in [2.24, 2.45) is 0 Å². The van der Waals surface area contributed by atoms with Gasteiger partial charge in [0.15, 0.2) is 0 Å². The number of hydrogen-bond donors (Lipinski definition) is 1. The molecular weight excluding hydrogens is 279 g/mol. The van der Waals surface area contributed by atoms with Gasteiger partial charge in [-0.25, -0.2) is 4.79 Å². The average Bonchev–Trinajstić information content (AvgIpc) is 2.59. The van der Waals surface area contributed by atoms with Crippen LogP contribution in [0.1, 0.15) is 20.8 Å². The summed E-state index contributed by atoms with van der Waals surface area (Å²) in [5.74, 6) is -0.945. The summed E-state index contributed by atoms with van der Waals surface area (Å²) < 4.78 is 0.486. The van der Waals surface area contributed by atoms with E-state index in [1.807, 2.05) is 18.2 Å². The van der Waals surface area contributed by atoms with Crippen LogP contribution >= 0.6 is 34.5 Å². The number of benzene rings is 1. The molecule has 0 amide bonds. The molecule has 0 radical (unpaired) electrons. The standard InChI is InChI=1S/C12H8Cl2O2S/c13-9-3-1-2-7(5-9)4-8-6-10(14)17-11(8)12(15)16/h1-3,5-6H,4H2,(H,15,16). The molecule has 0 bridgehead atoms. The fourth-order valence-electron chi connectivity index (χ4n) is 1.57. The number of aromatic carboxylic acids is 1. The van der Waals surface area contributed by atoms with Gasteiger partial charge < -0.3 is 5.11 Å². The van der Waals surface area contributed by atoms with Crippen molar-refractivity contribution in [2.45, 2.75) is 6.42 Å². The van der Waals surface area contributed by atoms with Crippen LogP contribution in [-0.2, 0) is 6.42 Å². The molecule has 2 rings (SSSR count). The first-order valence-corrected chi connectivity index (χ1v) is 6.39. The van der Waals surface area contributed by atoms with Gasteiger partial charge in [0.25, 0.3) is 0 Å². The topological polar surface area (TPSA) is 37.3 Å². The number of carboxylic acid groups (broad SMARTS) is 1. The van der Waals surface area contributed by atoms with E-state index < -0.39 is 5.97 Å². The van der Waals surface area contributed by atoms with Gasteiger partial charge in [0, 0.05) is 5.02 Å². The van der Waals surface area contributed by atoms with Crippen LogP contribution in [0.4, 0.5) is 0 Å². The molecule has 0 aliphatic carbocycles. The van der Waals surface area contributed by atoms with Crippen molar-refractivity contribution in [3.05, 3.63) is 55.7 Å². The Hall–Kier alpha value is -1.03. The van der Waals surface area contributed by atoms with Crippen LogP contribution in [0.25, 0.3) is 0 Å². The van der Waals surface area contributed by atoms with Crippen molar-refractivity contribution >= 4 is 40.5 Å². The summed E-state index contributed by atoms with van der Waals surface area (Å²) in [6.45, 7) is 0. The van der Waals surface area contributed by atoms with Gasteiger partial charge in [-0.2, -0.15) is 0 Å². The van der Waals surface area contributed by atoms with Crippen LogP contribution in [0.3, 0.4) is 0 Å². The molecule has 0 unspecified atom stereocenters. The number of rotatable bonds is 3. The molecule has 1 N–H and O–H groups in total. The summed E-state index contributed by atoms with van der Waals surface area (Å²) in [6, 6.07) is 9.04. The van der Waals surface area contributed by atoms with Crippen LogP contribution in [-0.4, -0.2) is 11.1 Å². The molecule has 0 aliphatic heterocycles. The summed E-state index contributed by atoms with van der Waals surface area (Å²) in [5, 5.41) is 9.68. The molecule has 17 heavy (non-hydrogen) atoms. The molecule has 5 heteroatoms. The van der Waals surface area contributed by atoms with Crippen molar-refractivity contribution < 1.29 is 9.90 Å². The molecule has 1 heterocycles. The molecule has 1 aromatic heterocycles. The fourth-order valence-corrected chi connectivity index (χ4v) is 2.90. The predicted molar refractivity (Wildman–Crippen MR) is 70.5 cm³/mol. The zero-order chi connectivity index (χ0) is 12.4. The second-order valence-electron chi connectivity index (χ2n) is 3.52. The molecule has 88 valence electrons. The summed E-state index contributed by atoms with van der Waals surface area (Å²) in [7, 11) is 0. The minimum atomic E-state index is -0.945. The largest absolute Gasteiger partial charge is 0.477 e. The Morgan fingerprint density at radius 2 is 2.06 bits per heavy atom. The van der Waals surface area contributed by atoms with E-state index in [0.717, 1.165) is 22.5 Å². The lowest BCUT2D eigenvalue weighted by molar-refractivity contribution is 0.0701. The van der Waals surface area contributed by atoms with Crippen LogP contribution in [0.15, 0.2) is 30.3 Å². The number of hydrogen-bond acceptors (Lipinski definition) is 2. The summed E-state index contributed by atoms with van der Waals surface area (Å²) in [4.78, 5) is 11.3. The Morgan fingerprint density at radius 3 is 2.71 bits per heavy atom. The number of carboxylic acids is 1. The SMILES string of the molecule is O=C(O)c1sc(Cl)cc1Cc1cccc(Cl)c1. The maximum Gasteiger partial charge on any atom is 0.346 e. The van der Waals surface area contributed by atoms with E-state index in [2.05, 4.69) is 0 Å². The van der Waals surface area contributed by atoms with Gasteiger partial charge in [-0.15, -0.1) is 11.3 Å². The van der Waals surface area contributed by atoms with Crippen molar-refractivity contribution in [1.29, 1.82) is 0 Å². The van der Waals surface area contributed by atoms with Crippen molar-refractivity contribution in [2.75, 3.05) is 0 Å². The van der Waals surface area contributed by atoms with E-state index in [4.69, 9.17) is 28.3 Å². The maximum absolute atomic E-state index is 11.0. The third kappa shape index (κ3) is 3.00. The summed E-state index contributed by atoms with van der Waals surface area (Å²) in [6.07, 6.45) is 0.519. The first-order valence-electron chi connectivity index (χ1n) is 4.82. The van der Waals surface area contributed by atoms with Crippen LogP contribution in [0, 0.1) is 0 Å². The molecular formula is C12H8Cl2O2S. The molecule has 0 spiro atoms. The second kappa shape index (κ2) is 5.08. The van der Waals surface area contributed by atoms with E-state index >= 15 is 0 Å². The van der Waals surface area contributed by atoms with Crippen LogP contribution in [0.5, 0.6) is 0 Å². The molecule has 1 aromatic carbocycles. The Morgan fingerprint density at radius 1 is 1.29 bits per heavy atom. The number of halogens is 2. The monoisotopic (exact) mass is 286 g/mol. The highest BCUT2D eigenvalue weighted by Crippen LogP contribution is 2.29. The average molecular weight is 287 g/mol. The smallest absolute Gasteiger partial charge is 0.346 e. The van der Waals surface area contributed by atoms with Gasteiger partial charge in [0.2, 0.25) is 0 Å². The third-order valence-electron chi connectivity index (χ3n) is 2.26. The lowest BCUT2D eigenvalue weighted by Gasteiger charge is -2.01. The maximum atomic E-state index is 11.0. The zero-order valence-corrected chi connectivity index (χ0v) is 10.9. The Kier molecular flexibility index (Phi) is 3.72. The molecule has 0 saturated heterocycles. The van der Waals surface area contributed by atoms with Crippen LogP contribution < -0.4 is 0 Å². The fraction of sp³-hybridized carbons (Fsp3) is 0.0833. The Bertz CT molecular complexity index is 563. The normalized spacial score (nSPS) is 10.5. The van der Waals surface area contributed by atoms with Gasteiger partial charge >= 0.3 is 5.97 Å². The first kappa shape index (κ1) is 12.4. The minimum Gasteiger partial charge on any atom is -0.477 e. The van der Waals surface area contributed by atoms with Gasteiger partial charge in [-0.05, 0) is 35.7 Å². The molecule has 0 saturated carbocycles. The molecule has 2 aromatic rings. The highest BCUT2D eigenvalue weighted by molar-refractivity contribution is 7.18. The highest BCUT2D eigenvalue weighted by Gasteiger charge is 2.14. The Balaban J connectivity index is 2.32. The van der Waals surface area contributed by atoms with E-state index in [9.17, 15) is 4.79 Å². The molecule has 0 aliphatic rings. The predicted octanol–water partition coefficient (Wildman–Crippen LogP) is 4.34. The van der Waals surface area contributed by atoms with Crippen molar-refractivity contribution in [3.63, 3.8) is 0 Å². The Labute approximate surface area is 112 Å². The molecule has 2 nitrogen and oxygen atoms in total. The molecule has 0 fully saturated rings. The quantitative estimate of drug-likeness (QED) is 0.911. The molecule has 0 atom stereocenters. The third-order valence-corrected chi connectivity index (χ3v) is 3.79. The zero-order valence-electron chi connectivity index (χ0n) is 8.61. The lowest BCUT2D eigenvalue weighted by Crippen LogP contribution is -1.98. The van der Waals surface area contributed by atoms with Gasteiger partial charge in [-0.1, -0.05) is 35.3 Å². The van der Waals surface area contributed by atoms with Crippen molar-refractivity contribution in [1.82, 2.24) is 0 Å². The number of thiophene rings is 1. The van der Waals surface area contributed by atoms with Gasteiger partial charge in [-0.3, -0.25) is 0 Å². The lowest BCUT2D eigenvalue weighted by atomic mass is 10.1. The van der Waals surface area contributed by atoms with E-state index in [1.165, 1.54) is 0 Å². The first-order chi connectivity index (χ1) is 8.06. The van der Waals surface area contributed by atoms with Gasteiger partial charge in [0.1, 0.15) is 4.88 Å². The minimum absolute atomic E-state index is 0.287. The van der Waals surface area contributed by atoms with Crippen molar-refractivity contribution in [3.8, 4) is 0 Å². The van der Waals surface area contributed by atoms with E-state index in [0.29, 0.717) is 15.8 Å². The van der Waals surface area contributed by atoms with Crippen LogP contribution in [0.2, 0.25) is 9.36 Å². The van der Waals surface area contributed by atoms with Gasteiger partial charge in [0.05, 0.1) is 4.34 Å². The van der Waals surface area contributed by atoms with E-state index in [-0.39, 0.29) is 4.88 Å². The summed E-state index contributed by atoms with van der Waals surface area (Å²) >= 11 is 12.8. The van der Waals surface area contributed by atoms with E-state index in [1.54, 1.807) is 12.1 Å². The summed E-state index contributed by atoms with van der Waals surface area (Å²) in [5.41, 5.74) is 1.68. The number of carbonyl (C=O) groups is 1.